The highest BCUT2D eigenvalue weighted by molar-refractivity contribution is 6.19. The summed E-state index contributed by atoms with van der Waals surface area (Å²) < 4.78 is 2.40. The maximum atomic E-state index is 4.55. The average Bonchev–Trinajstić information content (AvgIpc) is 3.28. The molecule has 0 bridgehead atoms. The molecule has 0 unspecified atom stereocenters. The van der Waals surface area contributed by atoms with Crippen molar-refractivity contribution in [2.45, 2.75) is 0 Å². The molecule has 0 saturated heterocycles. The van der Waals surface area contributed by atoms with Crippen molar-refractivity contribution in [3.8, 4) is 28.1 Å². The summed E-state index contributed by atoms with van der Waals surface area (Å²) in [6, 6.07) is 38.7. The molecule has 0 N–H and O–H groups in total. The number of pyridine rings is 2. The molecule has 3 nitrogen and oxygen atoms in total. The van der Waals surface area contributed by atoms with E-state index in [1.54, 1.807) is 0 Å². The number of aromatic nitrogens is 3. The van der Waals surface area contributed by atoms with Crippen LogP contribution in [0.25, 0.3) is 60.6 Å². The quantitative estimate of drug-likeness (QED) is 0.274. The van der Waals surface area contributed by atoms with Gasteiger partial charge in [0.2, 0.25) is 0 Å². The highest BCUT2D eigenvalue weighted by atomic mass is 15.0. The molecule has 4 aromatic carbocycles. The fourth-order valence-corrected chi connectivity index (χ4v) is 5.10. The number of para-hydroxylation sites is 1. The number of hydrogen-bond donors (Lipinski definition) is 0. The minimum Gasteiger partial charge on any atom is -0.309 e. The summed E-state index contributed by atoms with van der Waals surface area (Å²) >= 11 is 0. The molecule has 0 aliphatic heterocycles. The van der Waals surface area contributed by atoms with Gasteiger partial charge in [-0.3, -0.25) is 9.97 Å². The van der Waals surface area contributed by atoms with Gasteiger partial charge in [0.1, 0.15) is 0 Å². The molecule has 0 radical (unpaired) electrons. The highest BCUT2D eigenvalue weighted by Crippen LogP contribution is 2.39. The van der Waals surface area contributed by atoms with E-state index >= 15 is 0 Å². The summed E-state index contributed by atoms with van der Waals surface area (Å²) in [5.74, 6) is 0. The van der Waals surface area contributed by atoms with Gasteiger partial charge in [0, 0.05) is 46.0 Å². The lowest BCUT2D eigenvalue weighted by molar-refractivity contribution is 1.19. The van der Waals surface area contributed by atoms with Crippen molar-refractivity contribution >= 4 is 32.6 Å². The first-order valence-electron chi connectivity index (χ1n) is 11.7. The van der Waals surface area contributed by atoms with Gasteiger partial charge in [0.25, 0.3) is 0 Å². The number of fused-ring (bicyclic) bond motifs is 5. The molecule has 0 saturated carbocycles. The van der Waals surface area contributed by atoms with Crippen LogP contribution in [0.5, 0.6) is 0 Å². The minimum atomic E-state index is 0.986. The maximum Gasteiger partial charge on any atom is 0.0702 e. The topological polar surface area (TPSA) is 30.7 Å². The summed E-state index contributed by atoms with van der Waals surface area (Å²) in [5, 5.41) is 4.93. The monoisotopic (exact) mass is 447 g/mol. The lowest BCUT2D eigenvalue weighted by Gasteiger charge is -2.11. The average molecular weight is 448 g/mol. The molecule has 0 spiro atoms. The first-order valence-corrected chi connectivity index (χ1v) is 11.7. The Morgan fingerprint density at radius 2 is 1.29 bits per heavy atom. The van der Waals surface area contributed by atoms with Crippen molar-refractivity contribution in [2.75, 3.05) is 0 Å². The van der Waals surface area contributed by atoms with Crippen LogP contribution in [0.2, 0.25) is 0 Å². The van der Waals surface area contributed by atoms with Crippen LogP contribution in [0.3, 0.4) is 0 Å². The Bertz CT molecular complexity index is 1820. The normalized spacial score (nSPS) is 11.4. The largest absolute Gasteiger partial charge is 0.309 e. The van der Waals surface area contributed by atoms with E-state index in [0.717, 1.165) is 22.5 Å². The molecular formula is C32H21N3. The van der Waals surface area contributed by atoms with E-state index in [1.165, 1.54) is 38.1 Å². The molecule has 7 rings (SSSR count). The third-order valence-electron chi connectivity index (χ3n) is 6.73. The van der Waals surface area contributed by atoms with Crippen LogP contribution in [-0.4, -0.2) is 14.5 Å². The Kier molecular flexibility index (Phi) is 4.46. The Hall–Kier alpha value is -4.76. The van der Waals surface area contributed by atoms with Crippen LogP contribution in [0.15, 0.2) is 128 Å². The predicted molar refractivity (Wildman–Crippen MR) is 145 cm³/mol. The van der Waals surface area contributed by atoms with Gasteiger partial charge in [-0.15, -0.1) is 0 Å². The van der Waals surface area contributed by atoms with Crippen molar-refractivity contribution in [2.24, 2.45) is 0 Å². The zero-order valence-corrected chi connectivity index (χ0v) is 19.0. The molecule has 0 fully saturated rings. The van der Waals surface area contributed by atoms with Gasteiger partial charge in [-0.25, -0.2) is 0 Å². The smallest absolute Gasteiger partial charge is 0.0702 e. The molecule has 3 aromatic heterocycles. The van der Waals surface area contributed by atoms with Crippen molar-refractivity contribution < 1.29 is 0 Å². The first-order chi connectivity index (χ1) is 17.4. The summed E-state index contributed by atoms with van der Waals surface area (Å²) in [6.07, 6.45) is 5.54. The number of benzene rings is 4. The Labute approximate surface area is 203 Å². The van der Waals surface area contributed by atoms with Crippen LogP contribution in [0.1, 0.15) is 0 Å². The van der Waals surface area contributed by atoms with E-state index in [0.29, 0.717) is 0 Å². The van der Waals surface area contributed by atoms with Gasteiger partial charge in [-0.05, 0) is 65.0 Å². The Morgan fingerprint density at radius 1 is 0.514 bits per heavy atom. The van der Waals surface area contributed by atoms with Gasteiger partial charge < -0.3 is 4.57 Å². The van der Waals surface area contributed by atoms with Crippen LogP contribution < -0.4 is 0 Å². The molecule has 0 aliphatic rings. The van der Waals surface area contributed by atoms with Gasteiger partial charge in [-0.2, -0.15) is 0 Å². The SMILES string of the molecule is c1ccc(-n2c3cc(-c4ccncc4)ccc3c3ccc4cc(-c5ccccn5)ccc4c32)cc1. The lowest BCUT2D eigenvalue weighted by atomic mass is 10.0. The fourth-order valence-electron chi connectivity index (χ4n) is 5.10. The molecule has 0 aliphatic carbocycles. The van der Waals surface area contributed by atoms with E-state index in [-0.39, 0.29) is 0 Å². The van der Waals surface area contributed by atoms with E-state index in [1.807, 2.05) is 30.7 Å². The fraction of sp³-hybridized carbons (Fsp3) is 0. The first kappa shape index (κ1) is 19.7. The molecular weight excluding hydrogens is 426 g/mol. The highest BCUT2D eigenvalue weighted by Gasteiger charge is 2.16. The number of rotatable bonds is 3. The summed E-state index contributed by atoms with van der Waals surface area (Å²) in [7, 11) is 0. The second kappa shape index (κ2) is 7.93. The van der Waals surface area contributed by atoms with E-state index < -0.39 is 0 Å². The minimum absolute atomic E-state index is 0.986. The molecule has 7 aromatic rings. The molecule has 35 heavy (non-hydrogen) atoms. The van der Waals surface area contributed by atoms with E-state index in [2.05, 4.69) is 112 Å². The van der Waals surface area contributed by atoms with Crippen molar-refractivity contribution in [3.05, 3.63) is 128 Å². The van der Waals surface area contributed by atoms with Crippen molar-refractivity contribution in [1.29, 1.82) is 0 Å². The number of hydrogen-bond acceptors (Lipinski definition) is 2. The van der Waals surface area contributed by atoms with Crippen LogP contribution in [0, 0.1) is 0 Å². The van der Waals surface area contributed by atoms with Crippen molar-refractivity contribution in [3.63, 3.8) is 0 Å². The summed E-state index contributed by atoms with van der Waals surface area (Å²) in [5.41, 5.74) is 8.03. The van der Waals surface area contributed by atoms with Crippen LogP contribution in [0.4, 0.5) is 0 Å². The van der Waals surface area contributed by atoms with E-state index in [9.17, 15) is 0 Å². The van der Waals surface area contributed by atoms with Gasteiger partial charge in [0.05, 0.1) is 16.7 Å². The Balaban J connectivity index is 1.56. The van der Waals surface area contributed by atoms with Crippen molar-refractivity contribution in [1.82, 2.24) is 14.5 Å². The molecule has 3 heteroatoms. The molecule has 3 heterocycles. The standard InChI is InChI=1S/C32H21N3/c1-2-6-26(7-3-1)35-31-21-23(22-15-18-33-19-16-22)9-13-28(31)29-14-10-24-20-25(11-12-27(24)32(29)35)30-8-4-5-17-34-30/h1-21H. The molecule has 0 atom stereocenters. The van der Waals surface area contributed by atoms with Crippen LogP contribution in [-0.2, 0) is 0 Å². The zero-order valence-electron chi connectivity index (χ0n) is 19.0. The number of nitrogens with zero attached hydrogens (tertiary/aromatic N) is 3. The summed E-state index contributed by atoms with van der Waals surface area (Å²) in [6.45, 7) is 0. The van der Waals surface area contributed by atoms with Gasteiger partial charge in [-0.1, -0.05) is 60.7 Å². The second-order valence-corrected chi connectivity index (χ2v) is 8.75. The maximum absolute atomic E-state index is 4.55. The van der Waals surface area contributed by atoms with Gasteiger partial charge in [0.15, 0.2) is 0 Å². The molecule has 164 valence electrons. The summed E-state index contributed by atoms with van der Waals surface area (Å²) in [4.78, 5) is 8.73. The Morgan fingerprint density at radius 3 is 2.11 bits per heavy atom. The molecule has 0 amide bonds. The predicted octanol–water partition coefficient (Wildman–Crippen LogP) is 8.06. The third-order valence-corrected chi connectivity index (χ3v) is 6.73. The second-order valence-electron chi connectivity index (χ2n) is 8.75. The third kappa shape index (κ3) is 3.21. The lowest BCUT2D eigenvalue weighted by Crippen LogP contribution is -1.94. The van der Waals surface area contributed by atoms with E-state index in [4.69, 9.17) is 0 Å². The van der Waals surface area contributed by atoms with Gasteiger partial charge >= 0.3 is 0 Å². The zero-order chi connectivity index (χ0) is 23.2. The van der Waals surface area contributed by atoms with Crippen LogP contribution >= 0.6 is 0 Å².